The molecule has 0 aliphatic rings. The van der Waals surface area contributed by atoms with Crippen LogP contribution in [0.15, 0.2) is 72.8 Å². The number of unbranched alkanes of at least 4 members (excludes halogenated alkanes) is 4. The van der Waals surface area contributed by atoms with Gasteiger partial charge in [0.25, 0.3) is 11.8 Å². The van der Waals surface area contributed by atoms with E-state index in [9.17, 15) is 24.3 Å². The molecular formula is C35H45N3O7. The van der Waals surface area contributed by atoms with E-state index in [2.05, 4.69) is 5.32 Å². The standard InChI is InChI=1S/C19H22N2O3.C16H23NO4/c1-21(2)17-12-8-15(9-13-17)19(24)20-16-10-6-14(7-11-16)4-3-5-18(22)23;1-17(12-8-4-2-3-5-11-15(19)20)16(21)13-9-6-7-10-14(13)18/h6-13H,3-5H2,1-2H3,(H,20,24)(H,22,23);6-7,9-10,18H,2-5,8,11-12H2,1H3,(H,19,20). The number of carboxylic acids is 2. The van der Waals surface area contributed by atoms with Gasteiger partial charge in [0.1, 0.15) is 5.75 Å². The maximum absolute atomic E-state index is 12.2. The summed E-state index contributed by atoms with van der Waals surface area (Å²) in [7, 11) is 5.62. The summed E-state index contributed by atoms with van der Waals surface area (Å²) in [6.45, 7) is 0.631. The Hall–Kier alpha value is -4.86. The molecule has 4 N–H and O–H groups in total. The Kier molecular flexibility index (Phi) is 15.7. The first-order chi connectivity index (χ1) is 21.5. The third-order valence-electron chi connectivity index (χ3n) is 7.08. The Balaban J connectivity index is 0.000000317. The van der Waals surface area contributed by atoms with Crippen LogP contribution in [0.2, 0.25) is 0 Å². The molecule has 0 heterocycles. The summed E-state index contributed by atoms with van der Waals surface area (Å²) < 4.78 is 0. The Morgan fingerprint density at radius 2 is 1.27 bits per heavy atom. The molecule has 3 aromatic carbocycles. The highest BCUT2D eigenvalue weighted by atomic mass is 16.4. The summed E-state index contributed by atoms with van der Waals surface area (Å²) in [6.07, 6.45) is 6.16. The molecule has 10 heteroatoms. The van der Waals surface area contributed by atoms with Crippen molar-refractivity contribution < 1.29 is 34.5 Å². The SMILES string of the molecule is CN(C)c1ccc(C(=O)Nc2ccc(CCCC(=O)O)cc2)cc1.CN(CCCCCCCC(=O)O)C(=O)c1ccccc1O. The van der Waals surface area contributed by atoms with Crippen LogP contribution in [0, 0.1) is 0 Å². The predicted octanol–water partition coefficient (Wildman–Crippen LogP) is 6.30. The third kappa shape index (κ3) is 14.0. The molecule has 0 fully saturated rings. The summed E-state index contributed by atoms with van der Waals surface area (Å²) in [5.41, 5.74) is 3.74. The zero-order valence-corrected chi connectivity index (χ0v) is 26.4. The number of nitrogens with zero attached hydrogens (tertiary/aromatic N) is 2. The van der Waals surface area contributed by atoms with Crippen molar-refractivity contribution in [1.82, 2.24) is 4.90 Å². The average Bonchev–Trinajstić information content (AvgIpc) is 3.01. The lowest BCUT2D eigenvalue weighted by molar-refractivity contribution is -0.138. The molecule has 0 saturated heterocycles. The molecule has 0 spiro atoms. The first-order valence-corrected chi connectivity index (χ1v) is 15.1. The van der Waals surface area contributed by atoms with Crippen LogP contribution < -0.4 is 10.2 Å². The second-order valence-electron chi connectivity index (χ2n) is 11.0. The van der Waals surface area contributed by atoms with Crippen molar-refractivity contribution in [3.63, 3.8) is 0 Å². The van der Waals surface area contributed by atoms with E-state index in [1.807, 2.05) is 55.4 Å². The number of phenols is 1. The van der Waals surface area contributed by atoms with E-state index in [-0.39, 0.29) is 30.4 Å². The molecule has 242 valence electrons. The van der Waals surface area contributed by atoms with Crippen LogP contribution in [-0.4, -0.2) is 71.7 Å². The van der Waals surface area contributed by atoms with E-state index in [1.54, 1.807) is 42.3 Å². The lowest BCUT2D eigenvalue weighted by Gasteiger charge is -2.17. The minimum Gasteiger partial charge on any atom is -0.507 e. The van der Waals surface area contributed by atoms with Crippen molar-refractivity contribution >= 4 is 35.1 Å². The van der Waals surface area contributed by atoms with Crippen LogP contribution in [0.1, 0.15) is 77.6 Å². The van der Waals surface area contributed by atoms with Crippen molar-refractivity contribution in [2.75, 3.05) is 37.9 Å². The van der Waals surface area contributed by atoms with Gasteiger partial charge in [0.15, 0.2) is 0 Å². The number of carbonyl (C=O) groups excluding carboxylic acids is 2. The van der Waals surface area contributed by atoms with Gasteiger partial charge in [-0.3, -0.25) is 19.2 Å². The van der Waals surface area contributed by atoms with Crippen LogP contribution in [0.25, 0.3) is 0 Å². The largest absolute Gasteiger partial charge is 0.507 e. The maximum atomic E-state index is 12.2. The number of hydrogen-bond donors (Lipinski definition) is 4. The van der Waals surface area contributed by atoms with Crippen molar-refractivity contribution in [3.05, 3.63) is 89.5 Å². The van der Waals surface area contributed by atoms with Crippen LogP contribution >= 0.6 is 0 Å². The van der Waals surface area contributed by atoms with Gasteiger partial charge in [0, 0.05) is 57.5 Å². The fourth-order valence-electron chi connectivity index (χ4n) is 4.43. The molecule has 0 atom stereocenters. The Labute approximate surface area is 265 Å². The summed E-state index contributed by atoms with van der Waals surface area (Å²) in [5, 5.41) is 29.7. The molecule has 10 nitrogen and oxygen atoms in total. The van der Waals surface area contributed by atoms with Crippen molar-refractivity contribution in [3.8, 4) is 5.75 Å². The molecule has 45 heavy (non-hydrogen) atoms. The van der Waals surface area contributed by atoms with Gasteiger partial charge >= 0.3 is 11.9 Å². The molecule has 0 saturated carbocycles. The molecule has 0 bridgehead atoms. The number of amides is 2. The fraction of sp³-hybridized carbons (Fsp3) is 0.371. The van der Waals surface area contributed by atoms with Crippen LogP contribution in [0.5, 0.6) is 5.75 Å². The first kappa shape index (κ1) is 36.3. The van der Waals surface area contributed by atoms with Crippen LogP contribution in [0.4, 0.5) is 11.4 Å². The monoisotopic (exact) mass is 619 g/mol. The number of aromatic hydroxyl groups is 1. The van der Waals surface area contributed by atoms with Crippen molar-refractivity contribution in [2.24, 2.45) is 0 Å². The first-order valence-electron chi connectivity index (χ1n) is 15.1. The maximum Gasteiger partial charge on any atom is 0.303 e. The highest BCUT2D eigenvalue weighted by molar-refractivity contribution is 6.04. The van der Waals surface area contributed by atoms with E-state index >= 15 is 0 Å². The number of aryl methyl sites for hydroxylation is 1. The van der Waals surface area contributed by atoms with Gasteiger partial charge in [0.05, 0.1) is 5.56 Å². The lowest BCUT2D eigenvalue weighted by Crippen LogP contribution is -2.27. The van der Waals surface area contributed by atoms with E-state index in [0.29, 0.717) is 36.9 Å². The van der Waals surface area contributed by atoms with E-state index < -0.39 is 11.9 Å². The molecule has 0 aromatic heterocycles. The van der Waals surface area contributed by atoms with E-state index in [0.717, 1.165) is 42.6 Å². The summed E-state index contributed by atoms with van der Waals surface area (Å²) in [5.74, 6) is -1.86. The number of nitrogens with one attached hydrogen (secondary N) is 1. The third-order valence-corrected chi connectivity index (χ3v) is 7.08. The number of hydrogen-bond acceptors (Lipinski definition) is 6. The summed E-state index contributed by atoms with van der Waals surface area (Å²) >= 11 is 0. The van der Waals surface area contributed by atoms with E-state index in [4.69, 9.17) is 10.2 Å². The number of rotatable bonds is 16. The second-order valence-corrected chi connectivity index (χ2v) is 11.0. The molecule has 0 aliphatic carbocycles. The second kappa shape index (κ2) is 19.4. The number of carboxylic acid groups (broad SMARTS) is 2. The number of aliphatic carboxylic acids is 2. The Bertz CT molecular complexity index is 1370. The molecule has 0 unspecified atom stereocenters. The zero-order chi connectivity index (χ0) is 33.2. The molecule has 0 radical (unpaired) electrons. The topological polar surface area (TPSA) is 147 Å². The van der Waals surface area contributed by atoms with Crippen LogP contribution in [-0.2, 0) is 16.0 Å². The Morgan fingerprint density at radius 3 is 1.87 bits per heavy atom. The number of para-hydroxylation sites is 1. The van der Waals surface area contributed by atoms with Crippen LogP contribution in [0.3, 0.4) is 0 Å². The highest BCUT2D eigenvalue weighted by Crippen LogP contribution is 2.18. The van der Waals surface area contributed by atoms with Crippen molar-refractivity contribution in [2.45, 2.75) is 57.8 Å². The fourth-order valence-corrected chi connectivity index (χ4v) is 4.43. The minimum absolute atomic E-state index is 0.00280. The van der Waals surface area contributed by atoms with Gasteiger partial charge in [-0.1, -0.05) is 43.5 Å². The van der Waals surface area contributed by atoms with E-state index in [1.165, 1.54) is 6.07 Å². The van der Waals surface area contributed by atoms with Gasteiger partial charge in [-0.25, -0.2) is 0 Å². The number of benzene rings is 3. The number of carbonyl (C=O) groups is 4. The summed E-state index contributed by atoms with van der Waals surface area (Å²) in [4.78, 5) is 48.8. The molecule has 3 rings (SSSR count). The number of anilines is 2. The molecule has 3 aromatic rings. The van der Waals surface area contributed by atoms with Gasteiger partial charge in [-0.05, 0) is 79.8 Å². The normalized spacial score (nSPS) is 10.3. The lowest BCUT2D eigenvalue weighted by atomic mass is 10.1. The number of phenolic OH excluding ortho intramolecular Hbond substituents is 1. The zero-order valence-electron chi connectivity index (χ0n) is 26.4. The quantitative estimate of drug-likeness (QED) is 0.137. The molecular weight excluding hydrogens is 574 g/mol. The van der Waals surface area contributed by atoms with Gasteiger partial charge in [0.2, 0.25) is 0 Å². The van der Waals surface area contributed by atoms with Crippen molar-refractivity contribution in [1.29, 1.82) is 0 Å². The molecule has 2 amide bonds. The molecule has 0 aliphatic heterocycles. The predicted molar refractivity (Wildman–Crippen MR) is 176 cm³/mol. The summed E-state index contributed by atoms with van der Waals surface area (Å²) in [6, 6.07) is 21.4. The minimum atomic E-state index is -0.779. The Morgan fingerprint density at radius 1 is 0.689 bits per heavy atom. The highest BCUT2D eigenvalue weighted by Gasteiger charge is 2.14. The van der Waals surface area contributed by atoms with Gasteiger partial charge < -0.3 is 30.4 Å². The van der Waals surface area contributed by atoms with Gasteiger partial charge in [-0.2, -0.15) is 0 Å². The smallest absolute Gasteiger partial charge is 0.303 e. The van der Waals surface area contributed by atoms with Gasteiger partial charge in [-0.15, -0.1) is 0 Å². The average molecular weight is 620 g/mol.